The quantitative estimate of drug-likeness (QED) is 0.549. The summed E-state index contributed by atoms with van der Waals surface area (Å²) in [4.78, 5) is 14.7. The number of nitrogens with zero attached hydrogens (tertiary/aromatic N) is 1. The molecule has 0 atom stereocenters. The van der Waals surface area contributed by atoms with Gasteiger partial charge < -0.3 is 9.52 Å². The Labute approximate surface area is 79.1 Å². The van der Waals surface area contributed by atoms with E-state index >= 15 is 0 Å². The maximum atomic E-state index is 11.2. The molecule has 1 heterocycles. The van der Waals surface area contributed by atoms with Gasteiger partial charge in [0.15, 0.2) is 0 Å². The van der Waals surface area contributed by atoms with E-state index in [1.807, 2.05) is 0 Å². The minimum Gasteiger partial charge on any atom is -0.508 e. The van der Waals surface area contributed by atoms with Crippen LogP contribution in [0.5, 0.6) is 5.75 Å². The molecule has 0 radical (unpaired) electrons. The first-order valence-electron chi connectivity index (χ1n) is 3.94. The van der Waals surface area contributed by atoms with E-state index in [1.165, 1.54) is 12.1 Å². The van der Waals surface area contributed by atoms with E-state index in [0.29, 0.717) is 11.0 Å². The van der Waals surface area contributed by atoms with Gasteiger partial charge in [-0.3, -0.25) is 4.99 Å². The van der Waals surface area contributed by atoms with Crippen LogP contribution in [0, 0.1) is 0 Å². The molecule has 2 rings (SSSR count). The number of rotatable bonds is 1. The fourth-order valence-electron chi connectivity index (χ4n) is 1.20. The normalized spacial score (nSPS) is 10.3. The Kier molecular flexibility index (Phi) is 1.81. The lowest BCUT2D eigenvalue weighted by Gasteiger charge is -1.97. The van der Waals surface area contributed by atoms with Gasteiger partial charge in [-0.05, 0) is 24.9 Å². The first-order chi connectivity index (χ1) is 6.70. The van der Waals surface area contributed by atoms with Crippen LogP contribution in [-0.2, 0) is 0 Å². The molecular weight excluding hydrogens is 182 g/mol. The number of aromatic hydroxyl groups is 1. The van der Waals surface area contributed by atoms with Crippen molar-refractivity contribution in [1.29, 1.82) is 0 Å². The maximum absolute atomic E-state index is 11.2. The molecule has 0 saturated carbocycles. The average molecular weight is 189 g/mol. The molecule has 4 heteroatoms. The van der Waals surface area contributed by atoms with Crippen molar-refractivity contribution < 1.29 is 9.52 Å². The topological polar surface area (TPSA) is 62.8 Å². The molecule has 4 nitrogen and oxygen atoms in total. The SMILES string of the molecule is C=Nc1cc2ccc(O)cc2oc1=O. The van der Waals surface area contributed by atoms with E-state index < -0.39 is 5.63 Å². The van der Waals surface area contributed by atoms with E-state index in [0.717, 1.165) is 0 Å². The Morgan fingerprint density at radius 2 is 2.14 bits per heavy atom. The monoisotopic (exact) mass is 189 g/mol. The third kappa shape index (κ3) is 1.26. The molecule has 1 N–H and O–H groups in total. The zero-order chi connectivity index (χ0) is 10.1. The van der Waals surface area contributed by atoms with Crippen LogP contribution in [0.1, 0.15) is 0 Å². The van der Waals surface area contributed by atoms with E-state index in [-0.39, 0.29) is 11.4 Å². The number of hydrogen-bond donors (Lipinski definition) is 1. The van der Waals surface area contributed by atoms with E-state index in [1.54, 1.807) is 12.1 Å². The second-order valence-electron chi connectivity index (χ2n) is 2.80. The fourth-order valence-corrected chi connectivity index (χ4v) is 1.20. The molecule has 0 unspecified atom stereocenters. The predicted molar refractivity (Wildman–Crippen MR) is 53.4 cm³/mol. The maximum Gasteiger partial charge on any atom is 0.362 e. The number of hydrogen-bond acceptors (Lipinski definition) is 4. The van der Waals surface area contributed by atoms with Crippen molar-refractivity contribution in [3.63, 3.8) is 0 Å². The Morgan fingerprint density at radius 3 is 2.86 bits per heavy atom. The van der Waals surface area contributed by atoms with Gasteiger partial charge in [-0.2, -0.15) is 0 Å². The summed E-state index contributed by atoms with van der Waals surface area (Å²) in [6.07, 6.45) is 0. The van der Waals surface area contributed by atoms with Crippen molar-refractivity contribution in [3.05, 3.63) is 34.7 Å². The molecule has 2 aromatic rings. The lowest BCUT2D eigenvalue weighted by Crippen LogP contribution is -1.96. The van der Waals surface area contributed by atoms with Crippen LogP contribution < -0.4 is 5.63 Å². The van der Waals surface area contributed by atoms with Crippen molar-refractivity contribution in [2.45, 2.75) is 0 Å². The minimum atomic E-state index is -0.557. The summed E-state index contributed by atoms with van der Waals surface area (Å²) >= 11 is 0. The number of fused-ring (bicyclic) bond motifs is 1. The van der Waals surface area contributed by atoms with Crippen LogP contribution in [0.25, 0.3) is 11.0 Å². The molecule has 0 aliphatic rings. The van der Waals surface area contributed by atoms with Gasteiger partial charge in [-0.25, -0.2) is 4.79 Å². The molecule has 1 aromatic carbocycles. The molecule has 0 aliphatic heterocycles. The number of aliphatic imine (C=N–C) groups is 1. The van der Waals surface area contributed by atoms with Crippen LogP contribution in [0.2, 0.25) is 0 Å². The molecule has 0 amide bonds. The van der Waals surface area contributed by atoms with Gasteiger partial charge in [-0.15, -0.1) is 0 Å². The molecule has 0 aliphatic carbocycles. The molecule has 0 bridgehead atoms. The smallest absolute Gasteiger partial charge is 0.362 e. The standard InChI is InChI=1S/C10H7NO3/c1-11-8-4-6-2-3-7(12)5-9(6)14-10(8)13/h2-5,12H,1H2. The Hall–Kier alpha value is -2.10. The van der Waals surface area contributed by atoms with Gasteiger partial charge in [-0.1, -0.05) is 0 Å². The number of phenols is 1. The van der Waals surface area contributed by atoms with Gasteiger partial charge in [0.1, 0.15) is 17.0 Å². The lowest BCUT2D eigenvalue weighted by atomic mass is 10.2. The van der Waals surface area contributed by atoms with Crippen molar-refractivity contribution in [2.75, 3.05) is 0 Å². The zero-order valence-electron chi connectivity index (χ0n) is 7.23. The number of benzene rings is 1. The van der Waals surface area contributed by atoms with Gasteiger partial charge in [0.25, 0.3) is 0 Å². The first kappa shape index (κ1) is 8.50. The van der Waals surface area contributed by atoms with Crippen molar-refractivity contribution >= 4 is 23.4 Å². The predicted octanol–water partition coefficient (Wildman–Crippen LogP) is 1.83. The van der Waals surface area contributed by atoms with Gasteiger partial charge in [0, 0.05) is 11.5 Å². The molecule has 1 aromatic heterocycles. The highest BCUT2D eigenvalue weighted by atomic mass is 16.4. The Morgan fingerprint density at radius 1 is 1.36 bits per heavy atom. The van der Waals surface area contributed by atoms with Crippen molar-refractivity contribution in [3.8, 4) is 5.75 Å². The van der Waals surface area contributed by atoms with Gasteiger partial charge in [0.05, 0.1) is 0 Å². The average Bonchev–Trinajstić information content (AvgIpc) is 2.16. The Bertz CT molecular complexity index is 557. The lowest BCUT2D eigenvalue weighted by molar-refractivity contribution is 0.473. The second-order valence-corrected chi connectivity index (χ2v) is 2.80. The highest BCUT2D eigenvalue weighted by Gasteiger charge is 2.03. The van der Waals surface area contributed by atoms with Crippen LogP contribution in [-0.4, -0.2) is 11.8 Å². The molecule has 14 heavy (non-hydrogen) atoms. The van der Waals surface area contributed by atoms with Gasteiger partial charge in [0.2, 0.25) is 0 Å². The fraction of sp³-hybridized carbons (Fsp3) is 0. The van der Waals surface area contributed by atoms with E-state index in [9.17, 15) is 4.79 Å². The third-order valence-corrected chi connectivity index (χ3v) is 1.87. The molecule has 0 fully saturated rings. The third-order valence-electron chi connectivity index (χ3n) is 1.87. The molecule has 0 spiro atoms. The summed E-state index contributed by atoms with van der Waals surface area (Å²) in [5, 5.41) is 9.85. The van der Waals surface area contributed by atoms with E-state index in [2.05, 4.69) is 11.7 Å². The van der Waals surface area contributed by atoms with Crippen molar-refractivity contribution in [1.82, 2.24) is 0 Å². The summed E-state index contributed by atoms with van der Waals surface area (Å²) in [5.74, 6) is 0.0555. The van der Waals surface area contributed by atoms with Crippen LogP contribution in [0.3, 0.4) is 0 Å². The summed E-state index contributed by atoms with van der Waals surface area (Å²) in [6, 6.07) is 6.09. The highest BCUT2D eigenvalue weighted by molar-refractivity contribution is 5.80. The van der Waals surface area contributed by atoms with E-state index in [4.69, 9.17) is 9.52 Å². The summed E-state index contributed by atoms with van der Waals surface area (Å²) in [5.41, 5.74) is -0.0521. The second kappa shape index (κ2) is 2.99. The largest absolute Gasteiger partial charge is 0.508 e. The zero-order valence-corrected chi connectivity index (χ0v) is 7.23. The summed E-state index contributed by atoms with van der Waals surface area (Å²) in [7, 11) is 0. The highest BCUT2D eigenvalue weighted by Crippen LogP contribution is 2.21. The van der Waals surface area contributed by atoms with Crippen LogP contribution >= 0.6 is 0 Å². The molecule has 70 valence electrons. The van der Waals surface area contributed by atoms with Gasteiger partial charge >= 0.3 is 5.63 Å². The molecular formula is C10H7NO3. The first-order valence-corrected chi connectivity index (χ1v) is 3.94. The summed E-state index contributed by atoms with van der Waals surface area (Å²) in [6.45, 7) is 3.26. The molecule has 0 saturated heterocycles. The van der Waals surface area contributed by atoms with Crippen LogP contribution in [0.4, 0.5) is 5.69 Å². The number of phenolic OH excluding ortho intramolecular Hbond substituents is 1. The minimum absolute atomic E-state index is 0.0555. The summed E-state index contributed by atoms with van der Waals surface area (Å²) < 4.78 is 4.92. The Balaban J connectivity index is 2.86. The van der Waals surface area contributed by atoms with Crippen molar-refractivity contribution in [2.24, 2.45) is 4.99 Å². The van der Waals surface area contributed by atoms with Crippen LogP contribution in [0.15, 0.2) is 38.5 Å².